The quantitative estimate of drug-likeness (QED) is 0.798. The Bertz CT molecular complexity index is 778. The number of thiazole rings is 1. The molecule has 1 aromatic carbocycles. The minimum atomic E-state index is -0.0694. The van der Waals surface area contributed by atoms with E-state index in [-0.39, 0.29) is 5.91 Å². The van der Waals surface area contributed by atoms with Crippen LogP contribution in [0.3, 0.4) is 0 Å². The van der Waals surface area contributed by atoms with Crippen molar-refractivity contribution in [3.05, 3.63) is 38.8 Å². The second-order valence-corrected chi connectivity index (χ2v) is 8.22. The Morgan fingerprint density at radius 3 is 2.96 bits per heavy atom. The SMILES string of the molecule is Cc1nc(-c2cc(Cl)ccc2Cl)sc1C(=O)NCCC1CCCN1C. The maximum absolute atomic E-state index is 12.5. The standard InChI is InChI=1S/C18H21Cl2N3OS/c1-11-16(17(24)21-8-7-13-4-3-9-23(13)2)25-18(22-11)14-10-12(19)5-6-15(14)20/h5-6,10,13H,3-4,7-9H2,1-2H3,(H,21,24). The molecular formula is C18H21Cl2N3OS. The maximum Gasteiger partial charge on any atom is 0.263 e. The molecule has 134 valence electrons. The van der Waals surface area contributed by atoms with E-state index in [1.54, 1.807) is 18.2 Å². The van der Waals surface area contributed by atoms with Gasteiger partial charge in [-0.2, -0.15) is 0 Å². The van der Waals surface area contributed by atoms with E-state index in [1.165, 1.54) is 24.2 Å². The number of carbonyl (C=O) groups excluding carboxylic acids is 1. The summed E-state index contributed by atoms with van der Waals surface area (Å²) in [7, 11) is 2.15. The van der Waals surface area contributed by atoms with Crippen LogP contribution in [0.5, 0.6) is 0 Å². The third kappa shape index (κ3) is 4.34. The van der Waals surface area contributed by atoms with Gasteiger partial charge < -0.3 is 10.2 Å². The summed E-state index contributed by atoms with van der Waals surface area (Å²) in [5.74, 6) is -0.0694. The van der Waals surface area contributed by atoms with E-state index in [4.69, 9.17) is 23.2 Å². The van der Waals surface area contributed by atoms with Crippen molar-refractivity contribution in [2.45, 2.75) is 32.2 Å². The predicted octanol–water partition coefficient (Wildman–Crippen LogP) is 4.64. The second-order valence-electron chi connectivity index (χ2n) is 6.38. The van der Waals surface area contributed by atoms with Gasteiger partial charge in [0.15, 0.2) is 0 Å². The molecule has 25 heavy (non-hydrogen) atoms. The number of halogens is 2. The molecule has 1 atom stereocenters. The molecule has 0 bridgehead atoms. The molecule has 0 aliphatic carbocycles. The highest BCUT2D eigenvalue weighted by molar-refractivity contribution is 7.17. The smallest absolute Gasteiger partial charge is 0.263 e. The Morgan fingerprint density at radius 1 is 1.44 bits per heavy atom. The summed E-state index contributed by atoms with van der Waals surface area (Å²) < 4.78 is 0. The zero-order valence-corrected chi connectivity index (χ0v) is 16.6. The van der Waals surface area contributed by atoms with E-state index in [0.29, 0.717) is 38.2 Å². The first-order valence-electron chi connectivity index (χ1n) is 8.37. The lowest BCUT2D eigenvalue weighted by Gasteiger charge is -2.19. The van der Waals surface area contributed by atoms with Crippen LogP contribution in [0.2, 0.25) is 10.0 Å². The number of carbonyl (C=O) groups is 1. The molecule has 1 fully saturated rings. The molecule has 3 rings (SSSR count). The molecule has 2 heterocycles. The van der Waals surface area contributed by atoms with E-state index in [9.17, 15) is 4.79 Å². The van der Waals surface area contributed by atoms with Crippen LogP contribution in [-0.4, -0.2) is 42.0 Å². The molecular weight excluding hydrogens is 377 g/mol. The minimum absolute atomic E-state index is 0.0694. The van der Waals surface area contributed by atoms with Crippen LogP contribution in [0.1, 0.15) is 34.6 Å². The van der Waals surface area contributed by atoms with E-state index < -0.39 is 0 Å². The van der Waals surface area contributed by atoms with Gasteiger partial charge in [0.1, 0.15) is 9.88 Å². The number of likely N-dealkylation sites (tertiary alicyclic amines) is 1. The molecule has 0 saturated carbocycles. The van der Waals surface area contributed by atoms with Gasteiger partial charge in [-0.3, -0.25) is 4.79 Å². The summed E-state index contributed by atoms with van der Waals surface area (Å²) in [5.41, 5.74) is 1.47. The molecule has 1 saturated heterocycles. The number of amides is 1. The molecule has 1 aliphatic heterocycles. The van der Waals surface area contributed by atoms with Gasteiger partial charge in [0, 0.05) is 23.2 Å². The van der Waals surface area contributed by atoms with Crippen molar-refractivity contribution < 1.29 is 4.79 Å². The van der Waals surface area contributed by atoms with Gasteiger partial charge in [-0.1, -0.05) is 23.2 Å². The molecule has 0 spiro atoms. The van der Waals surface area contributed by atoms with Gasteiger partial charge in [0.25, 0.3) is 5.91 Å². The van der Waals surface area contributed by atoms with E-state index in [0.717, 1.165) is 18.5 Å². The molecule has 1 N–H and O–H groups in total. The molecule has 1 aliphatic rings. The first-order valence-corrected chi connectivity index (χ1v) is 9.94. The van der Waals surface area contributed by atoms with E-state index in [1.807, 2.05) is 6.92 Å². The van der Waals surface area contributed by atoms with Gasteiger partial charge in [-0.15, -0.1) is 11.3 Å². The Balaban J connectivity index is 1.67. The van der Waals surface area contributed by atoms with Gasteiger partial charge in [0.05, 0.1) is 10.7 Å². The van der Waals surface area contributed by atoms with Crippen LogP contribution in [-0.2, 0) is 0 Å². The lowest BCUT2D eigenvalue weighted by Crippen LogP contribution is -2.31. The van der Waals surface area contributed by atoms with E-state index >= 15 is 0 Å². The number of hydrogen-bond acceptors (Lipinski definition) is 4. The third-order valence-corrected chi connectivity index (χ3v) is 6.35. The lowest BCUT2D eigenvalue weighted by molar-refractivity contribution is 0.0953. The predicted molar refractivity (Wildman–Crippen MR) is 105 cm³/mol. The number of hydrogen-bond donors (Lipinski definition) is 1. The zero-order valence-electron chi connectivity index (χ0n) is 14.3. The molecule has 2 aromatic rings. The number of nitrogens with one attached hydrogen (secondary N) is 1. The second kappa shape index (κ2) is 8.04. The van der Waals surface area contributed by atoms with Crippen LogP contribution in [0, 0.1) is 6.92 Å². The van der Waals surface area contributed by atoms with Crippen LogP contribution in [0.25, 0.3) is 10.6 Å². The van der Waals surface area contributed by atoms with Crippen molar-refractivity contribution in [2.75, 3.05) is 20.1 Å². The summed E-state index contributed by atoms with van der Waals surface area (Å²) in [6, 6.07) is 5.83. The van der Waals surface area contributed by atoms with Crippen molar-refractivity contribution in [2.24, 2.45) is 0 Å². The normalized spacial score (nSPS) is 17.8. The zero-order chi connectivity index (χ0) is 18.0. The first-order chi connectivity index (χ1) is 12.0. The Kier molecular flexibility index (Phi) is 6.00. The number of aromatic nitrogens is 1. The largest absolute Gasteiger partial charge is 0.351 e. The van der Waals surface area contributed by atoms with Crippen molar-refractivity contribution in [3.8, 4) is 10.6 Å². The molecule has 0 radical (unpaired) electrons. The third-order valence-electron chi connectivity index (χ3n) is 4.60. The number of nitrogens with zero attached hydrogens (tertiary/aromatic N) is 2. The highest BCUT2D eigenvalue weighted by Gasteiger charge is 2.21. The van der Waals surface area contributed by atoms with Crippen molar-refractivity contribution in [1.29, 1.82) is 0 Å². The fourth-order valence-corrected chi connectivity index (χ4v) is 4.61. The molecule has 1 aromatic heterocycles. The fraction of sp³-hybridized carbons (Fsp3) is 0.444. The Morgan fingerprint density at radius 2 is 2.24 bits per heavy atom. The van der Waals surface area contributed by atoms with Crippen molar-refractivity contribution >= 4 is 40.4 Å². The summed E-state index contributed by atoms with van der Waals surface area (Å²) in [4.78, 5) is 20.0. The highest BCUT2D eigenvalue weighted by Crippen LogP contribution is 2.34. The lowest BCUT2D eigenvalue weighted by atomic mass is 10.1. The topological polar surface area (TPSA) is 45.2 Å². The Labute approximate surface area is 162 Å². The van der Waals surface area contributed by atoms with E-state index in [2.05, 4.69) is 22.2 Å². The summed E-state index contributed by atoms with van der Waals surface area (Å²) in [5, 5.41) is 4.91. The van der Waals surface area contributed by atoms with Gasteiger partial charge >= 0.3 is 0 Å². The van der Waals surface area contributed by atoms with Crippen LogP contribution >= 0.6 is 34.5 Å². The van der Waals surface area contributed by atoms with Gasteiger partial charge in [-0.05, 0) is 58.0 Å². The first kappa shape index (κ1) is 18.6. The highest BCUT2D eigenvalue weighted by atomic mass is 35.5. The minimum Gasteiger partial charge on any atom is -0.351 e. The Hall–Kier alpha value is -1.14. The molecule has 1 amide bonds. The molecule has 1 unspecified atom stereocenters. The van der Waals surface area contributed by atoms with Crippen LogP contribution < -0.4 is 5.32 Å². The summed E-state index contributed by atoms with van der Waals surface area (Å²) in [6.45, 7) is 3.67. The molecule has 7 heteroatoms. The average Bonchev–Trinajstić information content (AvgIpc) is 3.16. The van der Waals surface area contributed by atoms with Gasteiger partial charge in [-0.25, -0.2) is 4.98 Å². The molecule has 4 nitrogen and oxygen atoms in total. The fourth-order valence-electron chi connectivity index (χ4n) is 3.16. The van der Waals surface area contributed by atoms with Crippen molar-refractivity contribution in [1.82, 2.24) is 15.2 Å². The maximum atomic E-state index is 12.5. The number of aryl methyl sites for hydroxylation is 1. The van der Waals surface area contributed by atoms with Gasteiger partial charge in [0.2, 0.25) is 0 Å². The van der Waals surface area contributed by atoms with Crippen molar-refractivity contribution in [3.63, 3.8) is 0 Å². The number of rotatable bonds is 5. The summed E-state index contributed by atoms with van der Waals surface area (Å²) in [6.07, 6.45) is 3.43. The monoisotopic (exact) mass is 397 g/mol. The van der Waals surface area contributed by atoms with Crippen LogP contribution in [0.4, 0.5) is 0 Å². The average molecular weight is 398 g/mol. The number of benzene rings is 1. The van der Waals surface area contributed by atoms with Crippen LogP contribution in [0.15, 0.2) is 18.2 Å². The summed E-state index contributed by atoms with van der Waals surface area (Å²) >= 11 is 13.6.